The summed E-state index contributed by atoms with van der Waals surface area (Å²) in [5.41, 5.74) is 1.10. The van der Waals surface area contributed by atoms with Crippen LogP contribution < -0.4 is 0 Å². The summed E-state index contributed by atoms with van der Waals surface area (Å²) in [4.78, 5) is 3.94. The third kappa shape index (κ3) is 7.19. The molecule has 0 aliphatic rings. The van der Waals surface area contributed by atoms with Crippen LogP contribution in [0.3, 0.4) is 0 Å². The molecule has 0 amide bonds. The van der Waals surface area contributed by atoms with Crippen molar-refractivity contribution in [1.29, 1.82) is 0 Å². The van der Waals surface area contributed by atoms with Crippen molar-refractivity contribution in [2.24, 2.45) is 4.99 Å². The van der Waals surface area contributed by atoms with Crippen LogP contribution >= 0.6 is 0 Å². The average molecular weight is 169 g/mol. The van der Waals surface area contributed by atoms with Gasteiger partial charge in [0, 0.05) is 12.4 Å². The minimum absolute atomic E-state index is 0.575. The van der Waals surface area contributed by atoms with Gasteiger partial charge >= 0.3 is 0 Å². The summed E-state index contributed by atoms with van der Waals surface area (Å²) in [6.45, 7) is 7.01. The van der Waals surface area contributed by atoms with Crippen molar-refractivity contribution in [3.05, 3.63) is 24.4 Å². The number of aliphatic imine (C=N–C) groups is 1. The fourth-order valence-corrected chi connectivity index (χ4v) is 0.722. The Hall–Kier alpha value is -0.920. The van der Waals surface area contributed by atoms with Gasteiger partial charge in [-0.2, -0.15) is 0 Å². The predicted molar refractivity (Wildman–Crippen MR) is 52.3 cm³/mol. The first-order valence-electron chi connectivity index (χ1n) is 4.10. The van der Waals surface area contributed by atoms with Crippen molar-refractivity contribution < 1.29 is 4.39 Å². The summed E-state index contributed by atoms with van der Waals surface area (Å²) < 4.78 is 12.4. The molecule has 68 valence electrons. The Morgan fingerprint density at radius 2 is 2.33 bits per heavy atom. The fraction of sp³-hybridized carbons (Fsp3) is 0.500. The maximum Gasteiger partial charge on any atom is 0.0976 e. The number of nitrogens with zero attached hydrogens (tertiary/aromatic N) is 1. The topological polar surface area (TPSA) is 12.4 Å². The summed E-state index contributed by atoms with van der Waals surface area (Å²) >= 11 is 0. The Morgan fingerprint density at radius 1 is 1.67 bits per heavy atom. The van der Waals surface area contributed by atoms with Gasteiger partial charge in [-0.25, -0.2) is 4.39 Å². The van der Waals surface area contributed by atoms with Crippen LogP contribution in [-0.4, -0.2) is 12.4 Å². The molecule has 0 saturated carbocycles. The van der Waals surface area contributed by atoms with Crippen LogP contribution in [0, 0.1) is 0 Å². The van der Waals surface area contributed by atoms with Gasteiger partial charge in [0.15, 0.2) is 0 Å². The monoisotopic (exact) mass is 169 g/mol. The van der Waals surface area contributed by atoms with Crippen molar-refractivity contribution in [3.8, 4) is 0 Å². The third-order valence-corrected chi connectivity index (χ3v) is 1.42. The molecule has 0 rings (SSSR count). The van der Waals surface area contributed by atoms with Gasteiger partial charge in [-0.3, -0.25) is 4.99 Å². The summed E-state index contributed by atoms with van der Waals surface area (Å²) in [6, 6.07) is 0. The molecule has 0 aromatic rings. The van der Waals surface area contributed by atoms with Gasteiger partial charge in [0.2, 0.25) is 0 Å². The molecule has 0 heterocycles. The van der Waals surface area contributed by atoms with Crippen molar-refractivity contribution >= 4 is 6.21 Å². The second-order valence-corrected chi connectivity index (χ2v) is 2.83. The number of hydrogen-bond donors (Lipinski definition) is 0. The second kappa shape index (κ2) is 6.77. The molecule has 0 saturated heterocycles. The SMILES string of the molecule is C=C/C=N\C=C(/C)CCC(C)F. The minimum Gasteiger partial charge on any atom is -0.265 e. The molecular weight excluding hydrogens is 153 g/mol. The Morgan fingerprint density at radius 3 is 2.83 bits per heavy atom. The van der Waals surface area contributed by atoms with E-state index in [1.807, 2.05) is 6.92 Å². The van der Waals surface area contributed by atoms with Crippen molar-refractivity contribution in [1.82, 2.24) is 0 Å². The van der Waals surface area contributed by atoms with Gasteiger partial charge in [0.05, 0.1) is 6.17 Å². The molecule has 1 nitrogen and oxygen atoms in total. The standard InChI is InChI=1S/C10H16FN/c1-4-7-12-8-9(2)5-6-10(3)11/h4,7-8,10H,1,5-6H2,2-3H3/b9-8+,12-7-. The molecule has 0 N–H and O–H groups in total. The molecule has 0 radical (unpaired) electrons. The maximum absolute atomic E-state index is 12.4. The number of hydrogen-bond acceptors (Lipinski definition) is 1. The highest BCUT2D eigenvalue weighted by molar-refractivity contribution is 5.70. The number of rotatable bonds is 5. The molecule has 0 aliphatic heterocycles. The lowest BCUT2D eigenvalue weighted by molar-refractivity contribution is 0.341. The molecule has 0 spiro atoms. The van der Waals surface area contributed by atoms with Crippen molar-refractivity contribution in [2.45, 2.75) is 32.9 Å². The van der Waals surface area contributed by atoms with Crippen LogP contribution in [0.5, 0.6) is 0 Å². The maximum atomic E-state index is 12.4. The van der Waals surface area contributed by atoms with E-state index >= 15 is 0 Å². The number of halogens is 1. The zero-order valence-corrected chi connectivity index (χ0v) is 7.76. The quantitative estimate of drug-likeness (QED) is 0.560. The van der Waals surface area contributed by atoms with E-state index in [0.717, 1.165) is 12.0 Å². The van der Waals surface area contributed by atoms with E-state index in [1.165, 1.54) is 0 Å². The van der Waals surface area contributed by atoms with Crippen LogP contribution in [0.15, 0.2) is 29.4 Å². The molecule has 1 atom stereocenters. The Kier molecular flexibility index (Phi) is 6.25. The van der Waals surface area contributed by atoms with Gasteiger partial charge in [-0.05, 0) is 26.7 Å². The number of allylic oxidation sites excluding steroid dienone is 2. The normalized spacial score (nSPS) is 15.1. The molecule has 0 aromatic heterocycles. The van der Waals surface area contributed by atoms with Crippen LogP contribution in [-0.2, 0) is 0 Å². The molecule has 0 aliphatic carbocycles. The van der Waals surface area contributed by atoms with Crippen LogP contribution in [0.4, 0.5) is 4.39 Å². The minimum atomic E-state index is -0.725. The van der Waals surface area contributed by atoms with Crippen LogP contribution in [0.2, 0.25) is 0 Å². The Balaban J connectivity index is 3.70. The molecule has 1 unspecified atom stereocenters. The Bertz CT molecular complexity index is 180. The van der Waals surface area contributed by atoms with Crippen LogP contribution in [0.1, 0.15) is 26.7 Å². The average Bonchev–Trinajstić information content (AvgIpc) is 2.01. The highest BCUT2D eigenvalue weighted by atomic mass is 19.1. The van der Waals surface area contributed by atoms with Gasteiger partial charge in [0.1, 0.15) is 0 Å². The van der Waals surface area contributed by atoms with E-state index in [-0.39, 0.29) is 0 Å². The smallest absolute Gasteiger partial charge is 0.0976 e. The lowest BCUT2D eigenvalue weighted by atomic mass is 10.1. The van der Waals surface area contributed by atoms with Crippen molar-refractivity contribution in [2.75, 3.05) is 0 Å². The highest BCUT2D eigenvalue weighted by Gasteiger charge is 1.97. The number of alkyl halides is 1. The first kappa shape index (κ1) is 11.1. The fourth-order valence-electron chi connectivity index (χ4n) is 0.722. The zero-order valence-electron chi connectivity index (χ0n) is 7.76. The lowest BCUT2D eigenvalue weighted by Gasteiger charge is -1.99. The summed E-state index contributed by atoms with van der Waals surface area (Å²) in [5.74, 6) is 0. The molecule has 0 aromatic carbocycles. The lowest BCUT2D eigenvalue weighted by Crippen LogP contribution is -1.91. The van der Waals surface area contributed by atoms with E-state index in [0.29, 0.717) is 6.42 Å². The molecule has 12 heavy (non-hydrogen) atoms. The van der Waals surface area contributed by atoms with E-state index < -0.39 is 6.17 Å². The predicted octanol–water partition coefficient (Wildman–Crippen LogP) is 3.29. The molecule has 0 fully saturated rings. The van der Waals surface area contributed by atoms with E-state index in [1.54, 1.807) is 25.4 Å². The largest absolute Gasteiger partial charge is 0.265 e. The van der Waals surface area contributed by atoms with Crippen LogP contribution in [0.25, 0.3) is 0 Å². The Labute approximate surface area is 73.7 Å². The van der Waals surface area contributed by atoms with Gasteiger partial charge in [0.25, 0.3) is 0 Å². The van der Waals surface area contributed by atoms with Gasteiger partial charge in [-0.1, -0.05) is 18.2 Å². The van der Waals surface area contributed by atoms with Gasteiger partial charge < -0.3 is 0 Å². The summed E-state index contributed by atoms with van der Waals surface area (Å²) in [5, 5.41) is 0. The van der Waals surface area contributed by atoms with Crippen molar-refractivity contribution in [3.63, 3.8) is 0 Å². The highest BCUT2D eigenvalue weighted by Crippen LogP contribution is 2.08. The second-order valence-electron chi connectivity index (χ2n) is 2.83. The zero-order chi connectivity index (χ0) is 9.40. The third-order valence-electron chi connectivity index (χ3n) is 1.42. The summed E-state index contributed by atoms with van der Waals surface area (Å²) in [7, 11) is 0. The molecule has 2 heteroatoms. The molecule has 0 bridgehead atoms. The molecular formula is C10H16FN. The van der Waals surface area contributed by atoms with E-state index in [4.69, 9.17) is 0 Å². The van der Waals surface area contributed by atoms with E-state index in [9.17, 15) is 4.39 Å². The first-order valence-corrected chi connectivity index (χ1v) is 4.10. The summed E-state index contributed by atoms with van der Waals surface area (Å²) in [6.07, 6.45) is 5.59. The first-order chi connectivity index (χ1) is 5.66. The van der Waals surface area contributed by atoms with Gasteiger partial charge in [-0.15, -0.1) is 0 Å². The van der Waals surface area contributed by atoms with E-state index in [2.05, 4.69) is 11.6 Å².